The monoisotopic (exact) mass is 472 g/mol. The van der Waals surface area contributed by atoms with Crippen LogP contribution in [-0.2, 0) is 21.5 Å². The summed E-state index contributed by atoms with van der Waals surface area (Å²) in [7, 11) is 0. The van der Waals surface area contributed by atoms with Gasteiger partial charge in [0.1, 0.15) is 11.8 Å². The highest BCUT2D eigenvalue weighted by Gasteiger charge is 2.29. The molecule has 6 heteroatoms. The molecule has 5 nitrogen and oxygen atoms in total. The maximum absolute atomic E-state index is 13.4. The van der Waals surface area contributed by atoms with Gasteiger partial charge in [-0.15, -0.1) is 0 Å². The van der Waals surface area contributed by atoms with Crippen LogP contribution in [0, 0.1) is 5.92 Å². The lowest BCUT2D eigenvalue weighted by molar-refractivity contribution is -0.143. The number of hydrogen-bond acceptors (Lipinski definition) is 3. The molecule has 0 aromatic heterocycles. The van der Waals surface area contributed by atoms with Gasteiger partial charge < -0.3 is 15.0 Å². The highest BCUT2D eigenvalue weighted by atomic mass is 35.5. The largest absolute Gasteiger partial charge is 0.483 e. The maximum Gasteiger partial charge on any atom is 0.261 e. The average molecular weight is 473 g/mol. The number of benzene rings is 2. The number of carbonyl (C=O) groups excluding carboxylic acids is 2. The summed E-state index contributed by atoms with van der Waals surface area (Å²) in [4.78, 5) is 28.0. The number of para-hydroxylation sites is 1. The molecule has 2 amide bonds. The van der Waals surface area contributed by atoms with Crippen molar-refractivity contribution in [2.75, 3.05) is 13.2 Å². The van der Waals surface area contributed by atoms with E-state index in [0.717, 1.165) is 11.1 Å². The molecule has 0 bridgehead atoms. The van der Waals surface area contributed by atoms with E-state index in [-0.39, 0.29) is 23.8 Å². The Bertz CT molecular complexity index is 920. The van der Waals surface area contributed by atoms with E-state index in [1.165, 1.54) is 0 Å². The quantitative estimate of drug-likeness (QED) is 0.490. The fraction of sp³-hybridized carbons (Fsp3) is 0.481. The first-order valence-electron chi connectivity index (χ1n) is 11.6. The first-order valence-corrected chi connectivity index (χ1v) is 11.9. The average Bonchev–Trinajstić information content (AvgIpc) is 2.76. The van der Waals surface area contributed by atoms with Crippen molar-refractivity contribution in [3.8, 4) is 5.75 Å². The molecule has 0 heterocycles. The summed E-state index contributed by atoms with van der Waals surface area (Å²) in [6.45, 7) is 13.0. The summed E-state index contributed by atoms with van der Waals surface area (Å²) in [5, 5.41) is 3.60. The number of ether oxygens (including phenoxy) is 1. The molecule has 0 saturated heterocycles. The fourth-order valence-electron chi connectivity index (χ4n) is 3.56. The minimum atomic E-state index is -0.589. The van der Waals surface area contributed by atoms with Crippen molar-refractivity contribution in [3.05, 3.63) is 64.7 Å². The lowest BCUT2D eigenvalue weighted by Crippen LogP contribution is -2.50. The molecule has 0 fully saturated rings. The van der Waals surface area contributed by atoms with Gasteiger partial charge in [0.2, 0.25) is 5.91 Å². The fourth-order valence-corrected chi connectivity index (χ4v) is 3.69. The second-order valence-corrected chi connectivity index (χ2v) is 10.2. The van der Waals surface area contributed by atoms with Crippen LogP contribution in [0.15, 0.2) is 48.5 Å². The molecule has 0 spiro atoms. The van der Waals surface area contributed by atoms with Crippen LogP contribution in [0.1, 0.15) is 59.1 Å². The van der Waals surface area contributed by atoms with E-state index in [2.05, 4.69) is 26.1 Å². The van der Waals surface area contributed by atoms with Gasteiger partial charge in [-0.3, -0.25) is 9.59 Å². The van der Waals surface area contributed by atoms with Crippen molar-refractivity contribution in [2.45, 2.75) is 66.0 Å². The SMILES string of the molecule is CC[C@H](C(=O)NCC(C)C)N(Cc1ccc(Cl)cc1)C(=O)COc1ccccc1C(C)(C)C. The molecule has 0 unspecified atom stereocenters. The predicted octanol–water partition coefficient (Wildman–Crippen LogP) is 5.60. The number of nitrogens with zero attached hydrogens (tertiary/aromatic N) is 1. The van der Waals surface area contributed by atoms with Crippen molar-refractivity contribution < 1.29 is 14.3 Å². The van der Waals surface area contributed by atoms with Crippen LogP contribution >= 0.6 is 11.6 Å². The molecule has 0 aliphatic carbocycles. The Labute approximate surface area is 203 Å². The van der Waals surface area contributed by atoms with E-state index in [1.807, 2.05) is 57.2 Å². The predicted molar refractivity (Wildman–Crippen MR) is 135 cm³/mol. The van der Waals surface area contributed by atoms with Crippen LogP contribution in [0.5, 0.6) is 5.75 Å². The Morgan fingerprint density at radius 1 is 1.06 bits per heavy atom. The summed E-state index contributed by atoms with van der Waals surface area (Å²) in [5.74, 6) is 0.620. The number of carbonyl (C=O) groups is 2. The highest BCUT2D eigenvalue weighted by molar-refractivity contribution is 6.30. The van der Waals surface area contributed by atoms with Gasteiger partial charge in [0.15, 0.2) is 6.61 Å². The van der Waals surface area contributed by atoms with Gasteiger partial charge in [0.25, 0.3) is 5.91 Å². The van der Waals surface area contributed by atoms with Crippen molar-refractivity contribution in [1.29, 1.82) is 0 Å². The minimum Gasteiger partial charge on any atom is -0.483 e. The summed E-state index contributed by atoms with van der Waals surface area (Å²) in [5.41, 5.74) is 1.81. The van der Waals surface area contributed by atoms with Crippen molar-refractivity contribution >= 4 is 23.4 Å². The van der Waals surface area contributed by atoms with E-state index in [0.29, 0.717) is 36.2 Å². The zero-order valence-corrected chi connectivity index (χ0v) is 21.4. The van der Waals surface area contributed by atoms with E-state index in [1.54, 1.807) is 17.0 Å². The molecule has 2 rings (SSSR count). The smallest absolute Gasteiger partial charge is 0.261 e. The molecule has 180 valence electrons. The van der Waals surface area contributed by atoms with E-state index < -0.39 is 6.04 Å². The molecule has 0 aliphatic rings. The normalized spacial score (nSPS) is 12.4. The third-order valence-corrected chi connectivity index (χ3v) is 5.63. The van der Waals surface area contributed by atoms with Crippen LogP contribution in [0.3, 0.4) is 0 Å². The second kappa shape index (κ2) is 12.1. The maximum atomic E-state index is 13.4. The number of rotatable bonds is 10. The Balaban J connectivity index is 2.25. The molecule has 2 aromatic rings. The van der Waals surface area contributed by atoms with Gasteiger partial charge in [0.05, 0.1) is 0 Å². The van der Waals surface area contributed by atoms with Crippen LogP contribution in [-0.4, -0.2) is 35.9 Å². The van der Waals surface area contributed by atoms with Gasteiger partial charge in [0, 0.05) is 18.1 Å². The molecular weight excluding hydrogens is 436 g/mol. The van der Waals surface area contributed by atoms with Gasteiger partial charge in [-0.05, 0) is 47.1 Å². The molecule has 1 N–H and O–H groups in total. The first kappa shape index (κ1) is 26.7. The number of hydrogen-bond donors (Lipinski definition) is 1. The van der Waals surface area contributed by atoms with Gasteiger partial charge >= 0.3 is 0 Å². The standard InChI is InChI=1S/C27H37ClN2O3/c1-7-23(26(32)29-16-19(2)3)30(17-20-12-14-21(28)15-13-20)25(31)18-33-24-11-9-8-10-22(24)27(4,5)6/h8-15,19,23H,7,16-18H2,1-6H3,(H,29,32)/t23-/m1/s1. The zero-order valence-electron chi connectivity index (χ0n) is 20.7. The summed E-state index contributed by atoms with van der Waals surface area (Å²) < 4.78 is 5.99. The van der Waals surface area contributed by atoms with Crippen molar-refractivity contribution in [1.82, 2.24) is 10.2 Å². The Kier molecular flexibility index (Phi) is 9.78. The third-order valence-electron chi connectivity index (χ3n) is 5.38. The minimum absolute atomic E-state index is 0.120. The molecular formula is C27H37ClN2O3. The van der Waals surface area contributed by atoms with Gasteiger partial charge in [-0.25, -0.2) is 0 Å². The van der Waals surface area contributed by atoms with E-state index in [4.69, 9.17) is 16.3 Å². The first-order chi connectivity index (χ1) is 15.5. The second-order valence-electron chi connectivity index (χ2n) is 9.75. The van der Waals surface area contributed by atoms with Gasteiger partial charge in [-0.1, -0.05) is 83.5 Å². The molecule has 0 aliphatic heterocycles. The topological polar surface area (TPSA) is 58.6 Å². The zero-order chi connectivity index (χ0) is 24.6. The lowest BCUT2D eigenvalue weighted by Gasteiger charge is -2.31. The summed E-state index contributed by atoms with van der Waals surface area (Å²) in [6.07, 6.45) is 0.502. The van der Waals surface area contributed by atoms with Crippen molar-refractivity contribution in [2.24, 2.45) is 5.92 Å². The van der Waals surface area contributed by atoms with Crippen LogP contribution in [0.2, 0.25) is 5.02 Å². The molecule has 1 atom stereocenters. The van der Waals surface area contributed by atoms with E-state index in [9.17, 15) is 9.59 Å². The Morgan fingerprint density at radius 2 is 1.70 bits per heavy atom. The Morgan fingerprint density at radius 3 is 2.27 bits per heavy atom. The number of amides is 2. The highest BCUT2D eigenvalue weighted by Crippen LogP contribution is 2.31. The molecule has 0 saturated carbocycles. The van der Waals surface area contributed by atoms with Crippen LogP contribution in [0.4, 0.5) is 0 Å². The molecule has 2 aromatic carbocycles. The number of halogens is 1. The van der Waals surface area contributed by atoms with Gasteiger partial charge in [-0.2, -0.15) is 0 Å². The summed E-state index contributed by atoms with van der Waals surface area (Å²) in [6, 6.07) is 14.5. The van der Waals surface area contributed by atoms with Crippen LogP contribution in [0.25, 0.3) is 0 Å². The Hall–Kier alpha value is -2.53. The molecule has 33 heavy (non-hydrogen) atoms. The van der Waals surface area contributed by atoms with Crippen LogP contribution < -0.4 is 10.1 Å². The third kappa shape index (κ3) is 8.08. The van der Waals surface area contributed by atoms with Crippen molar-refractivity contribution in [3.63, 3.8) is 0 Å². The van der Waals surface area contributed by atoms with E-state index >= 15 is 0 Å². The number of nitrogens with one attached hydrogen (secondary N) is 1. The lowest BCUT2D eigenvalue weighted by atomic mass is 9.86. The molecule has 0 radical (unpaired) electrons. The summed E-state index contributed by atoms with van der Waals surface area (Å²) >= 11 is 6.03.